The zero-order chi connectivity index (χ0) is 10.3. The predicted molar refractivity (Wildman–Crippen MR) is 57.3 cm³/mol. The third-order valence-corrected chi connectivity index (χ3v) is 2.35. The first-order valence-corrected chi connectivity index (χ1v) is 4.62. The molecule has 0 aliphatic carbocycles. The maximum absolute atomic E-state index is 5.83. The van der Waals surface area contributed by atoms with E-state index in [-0.39, 0.29) is 0 Å². The van der Waals surface area contributed by atoms with Crippen LogP contribution in [0, 0.1) is 0 Å². The number of pyridine rings is 1. The molecule has 3 aromatic rings. The van der Waals surface area contributed by atoms with Gasteiger partial charge >= 0.3 is 0 Å². The molecule has 0 amide bonds. The number of fused-ring (bicyclic) bond motifs is 1. The Bertz CT molecular complexity index is 595. The number of hydrogen-bond acceptors (Lipinski definition) is 3. The van der Waals surface area contributed by atoms with Crippen LogP contribution < -0.4 is 5.73 Å². The molecule has 0 aliphatic rings. The average Bonchev–Trinajstić information content (AvgIpc) is 2.85. The van der Waals surface area contributed by atoms with Crippen molar-refractivity contribution in [2.75, 3.05) is 5.73 Å². The molecule has 3 aromatic heterocycles. The Hall–Kier alpha value is -2.23. The molecule has 0 bridgehead atoms. The molecule has 74 valence electrons. The summed E-state index contributed by atoms with van der Waals surface area (Å²) in [6.45, 7) is 0. The van der Waals surface area contributed by atoms with Gasteiger partial charge in [0.1, 0.15) is 0 Å². The van der Waals surface area contributed by atoms with Crippen LogP contribution in [0.5, 0.6) is 0 Å². The molecule has 0 aliphatic heterocycles. The molecule has 0 fully saturated rings. The lowest BCUT2D eigenvalue weighted by atomic mass is 10.3. The number of nitrogens with zero attached hydrogens (tertiary/aromatic N) is 2. The van der Waals surface area contributed by atoms with Gasteiger partial charge in [-0.15, -0.1) is 0 Å². The van der Waals surface area contributed by atoms with Crippen LogP contribution in [0.25, 0.3) is 17.1 Å². The summed E-state index contributed by atoms with van der Waals surface area (Å²) in [4.78, 5) is 4.29. The van der Waals surface area contributed by atoms with E-state index in [0.29, 0.717) is 5.69 Å². The van der Waals surface area contributed by atoms with Crippen molar-refractivity contribution in [2.24, 2.45) is 0 Å². The summed E-state index contributed by atoms with van der Waals surface area (Å²) < 4.78 is 7.21. The van der Waals surface area contributed by atoms with Crippen LogP contribution in [0.2, 0.25) is 0 Å². The van der Waals surface area contributed by atoms with Crippen LogP contribution in [-0.4, -0.2) is 9.38 Å². The Morgan fingerprint density at radius 2 is 2.20 bits per heavy atom. The first-order valence-electron chi connectivity index (χ1n) is 4.62. The lowest BCUT2D eigenvalue weighted by Gasteiger charge is -1.99. The molecule has 0 radical (unpaired) electrons. The largest absolute Gasteiger partial charge is 0.461 e. The molecular weight excluding hydrogens is 190 g/mol. The molecule has 0 saturated carbocycles. The summed E-state index contributed by atoms with van der Waals surface area (Å²) in [5, 5.41) is 0. The van der Waals surface area contributed by atoms with E-state index in [0.717, 1.165) is 17.1 Å². The van der Waals surface area contributed by atoms with Crippen molar-refractivity contribution in [1.29, 1.82) is 0 Å². The predicted octanol–water partition coefficient (Wildman–Crippen LogP) is 2.18. The Morgan fingerprint density at radius 1 is 1.27 bits per heavy atom. The van der Waals surface area contributed by atoms with Gasteiger partial charge in [-0.05, 0) is 24.3 Å². The minimum Gasteiger partial charge on any atom is -0.461 e. The minimum atomic E-state index is 0.711. The van der Waals surface area contributed by atoms with Gasteiger partial charge in [0.15, 0.2) is 11.6 Å². The maximum Gasteiger partial charge on any atom is 0.180 e. The molecule has 4 heteroatoms. The van der Waals surface area contributed by atoms with Crippen LogP contribution in [0.3, 0.4) is 0 Å². The molecule has 0 atom stereocenters. The lowest BCUT2D eigenvalue weighted by molar-refractivity contribution is 0.577. The molecule has 15 heavy (non-hydrogen) atoms. The third-order valence-electron chi connectivity index (χ3n) is 2.35. The zero-order valence-corrected chi connectivity index (χ0v) is 7.92. The highest BCUT2D eigenvalue weighted by atomic mass is 16.3. The van der Waals surface area contributed by atoms with E-state index in [1.165, 1.54) is 0 Å². The minimum absolute atomic E-state index is 0.711. The van der Waals surface area contributed by atoms with Gasteiger partial charge in [0.2, 0.25) is 0 Å². The number of hydrogen-bond donors (Lipinski definition) is 1. The van der Waals surface area contributed by atoms with E-state index in [9.17, 15) is 0 Å². The Labute approximate surface area is 86.0 Å². The fourth-order valence-electron chi connectivity index (χ4n) is 1.63. The summed E-state index contributed by atoms with van der Waals surface area (Å²) in [5.74, 6) is 1.50. The summed E-state index contributed by atoms with van der Waals surface area (Å²) in [7, 11) is 0. The maximum atomic E-state index is 5.83. The topological polar surface area (TPSA) is 56.5 Å². The Balaban J connectivity index is 2.34. The van der Waals surface area contributed by atoms with E-state index >= 15 is 0 Å². The highest BCUT2D eigenvalue weighted by Gasteiger charge is 2.09. The zero-order valence-electron chi connectivity index (χ0n) is 7.92. The second-order valence-electron chi connectivity index (χ2n) is 3.28. The summed E-state index contributed by atoms with van der Waals surface area (Å²) in [6, 6.07) is 7.44. The van der Waals surface area contributed by atoms with Crippen molar-refractivity contribution >= 4 is 11.2 Å². The highest BCUT2D eigenvalue weighted by molar-refractivity contribution is 5.71. The molecular formula is C11H9N3O. The van der Waals surface area contributed by atoms with Gasteiger partial charge in [-0.25, -0.2) is 4.98 Å². The number of furan rings is 1. The number of nitrogen functional groups attached to an aromatic ring is 1. The highest BCUT2D eigenvalue weighted by Crippen LogP contribution is 2.22. The number of aromatic nitrogens is 2. The standard InChI is InChI=1S/C11H9N3O/c12-8-3-1-5-14-9(8)7-13-11(14)10-4-2-6-15-10/h1-7H,12H2. The average molecular weight is 199 g/mol. The van der Waals surface area contributed by atoms with Crippen molar-refractivity contribution < 1.29 is 4.42 Å². The van der Waals surface area contributed by atoms with Gasteiger partial charge in [0, 0.05) is 6.20 Å². The molecule has 0 unspecified atom stereocenters. The van der Waals surface area contributed by atoms with Crippen molar-refractivity contribution in [3.8, 4) is 11.6 Å². The van der Waals surface area contributed by atoms with Gasteiger partial charge < -0.3 is 10.2 Å². The normalized spacial score (nSPS) is 10.9. The van der Waals surface area contributed by atoms with Crippen molar-refractivity contribution in [3.63, 3.8) is 0 Å². The second kappa shape index (κ2) is 2.88. The molecule has 4 nitrogen and oxygen atoms in total. The van der Waals surface area contributed by atoms with Gasteiger partial charge in [-0.1, -0.05) is 0 Å². The van der Waals surface area contributed by atoms with Crippen molar-refractivity contribution in [3.05, 3.63) is 42.9 Å². The van der Waals surface area contributed by atoms with Gasteiger partial charge in [0.05, 0.1) is 23.7 Å². The van der Waals surface area contributed by atoms with E-state index < -0.39 is 0 Å². The number of anilines is 1. The van der Waals surface area contributed by atoms with Crippen LogP contribution in [-0.2, 0) is 0 Å². The molecule has 0 spiro atoms. The molecule has 3 heterocycles. The molecule has 3 rings (SSSR count). The molecule has 2 N–H and O–H groups in total. The first-order chi connectivity index (χ1) is 7.36. The van der Waals surface area contributed by atoms with Crippen LogP contribution in [0.1, 0.15) is 0 Å². The summed E-state index contributed by atoms with van der Waals surface area (Å²) in [6.07, 6.45) is 5.28. The van der Waals surface area contributed by atoms with E-state index in [2.05, 4.69) is 4.98 Å². The monoisotopic (exact) mass is 199 g/mol. The number of imidazole rings is 1. The molecule has 0 saturated heterocycles. The van der Waals surface area contributed by atoms with E-state index in [4.69, 9.17) is 10.2 Å². The van der Waals surface area contributed by atoms with Gasteiger partial charge in [-0.3, -0.25) is 4.40 Å². The van der Waals surface area contributed by atoms with Crippen LogP contribution in [0.4, 0.5) is 5.69 Å². The SMILES string of the molecule is Nc1cccn2c(-c3ccco3)ncc12. The number of nitrogens with two attached hydrogens (primary N) is 1. The summed E-state index contributed by atoms with van der Waals surface area (Å²) >= 11 is 0. The third kappa shape index (κ3) is 1.11. The smallest absolute Gasteiger partial charge is 0.180 e. The van der Waals surface area contributed by atoms with Crippen LogP contribution in [0.15, 0.2) is 47.3 Å². The second-order valence-corrected chi connectivity index (χ2v) is 3.28. The quantitative estimate of drug-likeness (QED) is 0.653. The van der Waals surface area contributed by atoms with E-state index in [1.54, 1.807) is 12.5 Å². The van der Waals surface area contributed by atoms with Crippen LogP contribution >= 0.6 is 0 Å². The van der Waals surface area contributed by atoms with Gasteiger partial charge in [0.25, 0.3) is 0 Å². The fourth-order valence-corrected chi connectivity index (χ4v) is 1.63. The Kier molecular flexibility index (Phi) is 1.56. The van der Waals surface area contributed by atoms with Gasteiger partial charge in [-0.2, -0.15) is 0 Å². The number of rotatable bonds is 1. The molecule has 0 aromatic carbocycles. The Morgan fingerprint density at radius 3 is 3.00 bits per heavy atom. The van der Waals surface area contributed by atoms with E-state index in [1.807, 2.05) is 34.9 Å². The fraction of sp³-hybridized carbons (Fsp3) is 0. The first kappa shape index (κ1) is 8.11. The van der Waals surface area contributed by atoms with Crippen molar-refractivity contribution in [1.82, 2.24) is 9.38 Å². The summed E-state index contributed by atoms with van der Waals surface area (Å²) in [5.41, 5.74) is 7.43. The van der Waals surface area contributed by atoms with Crippen molar-refractivity contribution in [2.45, 2.75) is 0 Å². The lowest BCUT2D eigenvalue weighted by Crippen LogP contribution is -1.92.